The minimum Gasteiger partial charge on any atom is -0.481 e. The molecule has 1 heterocycles. The van der Waals surface area contributed by atoms with Crippen LogP contribution in [0.3, 0.4) is 0 Å². The molecule has 0 amide bonds. The first-order valence-corrected chi connectivity index (χ1v) is 6.91. The van der Waals surface area contributed by atoms with E-state index in [4.69, 9.17) is 10.2 Å². The highest BCUT2D eigenvalue weighted by molar-refractivity contribution is 9.10. The number of aliphatic carboxylic acids is 2. The van der Waals surface area contributed by atoms with E-state index in [1.807, 2.05) is 16.3 Å². The van der Waals surface area contributed by atoms with Crippen LogP contribution in [0.15, 0.2) is 15.9 Å². The summed E-state index contributed by atoms with van der Waals surface area (Å²) in [6.07, 6.45) is -0.353. The second-order valence-corrected chi connectivity index (χ2v) is 5.97. The number of thiophene rings is 1. The van der Waals surface area contributed by atoms with Crippen molar-refractivity contribution in [3.8, 4) is 0 Å². The van der Waals surface area contributed by atoms with E-state index >= 15 is 0 Å². The second-order valence-electron chi connectivity index (χ2n) is 4.06. The van der Waals surface area contributed by atoms with Crippen molar-refractivity contribution in [1.82, 2.24) is 4.90 Å². The monoisotopic (exact) mass is 335 g/mol. The molecule has 0 aliphatic heterocycles. The second kappa shape index (κ2) is 6.86. The van der Waals surface area contributed by atoms with Gasteiger partial charge in [0.15, 0.2) is 0 Å². The summed E-state index contributed by atoms with van der Waals surface area (Å²) >= 11 is 4.92. The van der Waals surface area contributed by atoms with Gasteiger partial charge in [-0.1, -0.05) is 0 Å². The van der Waals surface area contributed by atoms with Crippen molar-refractivity contribution in [2.24, 2.45) is 5.92 Å². The maximum atomic E-state index is 10.9. The van der Waals surface area contributed by atoms with Gasteiger partial charge in [-0.3, -0.25) is 9.59 Å². The normalized spacial score (nSPS) is 12.6. The molecule has 0 aromatic carbocycles. The molecule has 0 bridgehead atoms. The number of carbonyl (C=O) groups is 2. The van der Waals surface area contributed by atoms with Gasteiger partial charge in [0.1, 0.15) is 0 Å². The Balaban J connectivity index is 2.53. The zero-order valence-electron chi connectivity index (χ0n) is 9.80. The molecule has 1 aromatic rings. The average Bonchev–Trinajstić information content (AvgIpc) is 2.62. The van der Waals surface area contributed by atoms with Crippen LogP contribution in [0.2, 0.25) is 0 Å². The summed E-state index contributed by atoms with van der Waals surface area (Å²) in [6.45, 7) is 0.830. The number of hydrogen-bond donors (Lipinski definition) is 2. The first kappa shape index (κ1) is 15.1. The first-order chi connectivity index (χ1) is 8.38. The number of halogens is 1. The quantitative estimate of drug-likeness (QED) is 0.797. The molecule has 0 radical (unpaired) electrons. The Hall–Kier alpha value is -0.920. The Bertz CT molecular complexity index is 434. The van der Waals surface area contributed by atoms with Gasteiger partial charge in [-0.15, -0.1) is 11.3 Å². The predicted octanol–water partition coefficient (Wildman–Crippen LogP) is 2.12. The molecule has 100 valence electrons. The van der Waals surface area contributed by atoms with Crippen LogP contribution in [-0.4, -0.2) is 40.6 Å². The fraction of sp³-hybridized carbons (Fsp3) is 0.455. The molecule has 0 aliphatic rings. The van der Waals surface area contributed by atoms with Gasteiger partial charge in [-0.2, -0.15) is 0 Å². The number of carboxylic acids is 2. The molecule has 1 unspecified atom stereocenters. The van der Waals surface area contributed by atoms with Crippen LogP contribution in [0.25, 0.3) is 0 Å². The minimum absolute atomic E-state index is 0.219. The van der Waals surface area contributed by atoms with Crippen molar-refractivity contribution in [2.75, 3.05) is 13.6 Å². The van der Waals surface area contributed by atoms with Gasteiger partial charge in [0.05, 0.1) is 12.3 Å². The summed E-state index contributed by atoms with van der Waals surface area (Å²) in [7, 11) is 1.78. The maximum Gasteiger partial charge on any atom is 0.308 e. The average molecular weight is 336 g/mol. The lowest BCUT2D eigenvalue weighted by Crippen LogP contribution is -2.31. The first-order valence-electron chi connectivity index (χ1n) is 5.24. The SMILES string of the molecule is CN(Cc1cc(Br)cs1)CC(CC(=O)O)C(=O)O. The number of nitrogens with zero attached hydrogens (tertiary/aromatic N) is 1. The summed E-state index contributed by atoms with van der Waals surface area (Å²) in [5, 5.41) is 19.6. The van der Waals surface area contributed by atoms with Crippen molar-refractivity contribution >= 4 is 39.2 Å². The lowest BCUT2D eigenvalue weighted by molar-refractivity contribution is -0.148. The van der Waals surface area contributed by atoms with E-state index < -0.39 is 17.9 Å². The molecule has 0 saturated heterocycles. The molecule has 1 rings (SSSR count). The third-order valence-electron chi connectivity index (χ3n) is 2.35. The van der Waals surface area contributed by atoms with Gasteiger partial charge in [0, 0.05) is 27.8 Å². The van der Waals surface area contributed by atoms with Crippen LogP contribution in [0, 0.1) is 5.92 Å². The fourth-order valence-electron chi connectivity index (χ4n) is 1.58. The standard InChI is InChI=1S/C11H14BrNO4S/c1-13(5-9-3-8(12)6-18-9)4-7(11(16)17)2-10(14)15/h3,6-7H,2,4-5H2,1H3,(H,14,15)(H,16,17). The molecular formula is C11H14BrNO4S. The van der Waals surface area contributed by atoms with Crippen LogP contribution in [0.4, 0.5) is 0 Å². The van der Waals surface area contributed by atoms with Gasteiger partial charge < -0.3 is 15.1 Å². The molecule has 2 N–H and O–H groups in total. The smallest absolute Gasteiger partial charge is 0.308 e. The predicted molar refractivity (Wildman–Crippen MR) is 71.7 cm³/mol. The van der Waals surface area contributed by atoms with E-state index in [0.717, 1.165) is 9.35 Å². The van der Waals surface area contributed by atoms with E-state index in [2.05, 4.69) is 15.9 Å². The van der Waals surface area contributed by atoms with Crippen molar-refractivity contribution in [1.29, 1.82) is 0 Å². The van der Waals surface area contributed by atoms with Gasteiger partial charge in [0.25, 0.3) is 0 Å². The zero-order valence-corrected chi connectivity index (χ0v) is 12.2. The van der Waals surface area contributed by atoms with Crippen LogP contribution in [0.1, 0.15) is 11.3 Å². The van der Waals surface area contributed by atoms with Crippen molar-refractivity contribution < 1.29 is 19.8 Å². The van der Waals surface area contributed by atoms with Crippen LogP contribution >= 0.6 is 27.3 Å². The zero-order chi connectivity index (χ0) is 13.7. The molecule has 18 heavy (non-hydrogen) atoms. The Kier molecular flexibility index (Phi) is 5.77. The highest BCUT2D eigenvalue weighted by Gasteiger charge is 2.22. The summed E-state index contributed by atoms with van der Waals surface area (Å²) in [4.78, 5) is 24.4. The molecule has 0 spiro atoms. The summed E-state index contributed by atoms with van der Waals surface area (Å²) < 4.78 is 0.997. The number of rotatable bonds is 7. The molecule has 1 atom stereocenters. The molecule has 0 aliphatic carbocycles. The van der Waals surface area contributed by atoms with Crippen LogP contribution < -0.4 is 0 Å². The van der Waals surface area contributed by atoms with Crippen LogP contribution in [0.5, 0.6) is 0 Å². The molecular weight excluding hydrogens is 322 g/mol. The number of hydrogen-bond acceptors (Lipinski definition) is 4. The van der Waals surface area contributed by atoms with E-state index in [1.54, 1.807) is 18.4 Å². The highest BCUT2D eigenvalue weighted by Crippen LogP contribution is 2.21. The van der Waals surface area contributed by atoms with Gasteiger partial charge >= 0.3 is 11.9 Å². The van der Waals surface area contributed by atoms with Crippen molar-refractivity contribution in [3.63, 3.8) is 0 Å². The minimum atomic E-state index is -1.09. The third-order valence-corrected chi connectivity index (χ3v) is 4.03. The third kappa shape index (κ3) is 5.16. The molecule has 0 saturated carbocycles. The molecule has 7 heteroatoms. The van der Waals surface area contributed by atoms with Gasteiger partial charge in [-0.05, 0) is 29.0 Å². The lowest BCUT2D eigenvalue weighted by Gasteiger charge is -2.19. The molecule has 5 nitrogen and oxygen atoms in total. The summed E-state index contributed by atoms with van der Waals surface area (Å²) in [6, 6.07) is 1.97. The molecule has 1 aromatic heterocycles. The van der Waals surface area contributed by atoms with E-state index in [1.165, 1.54) is 0 Å². The van der Waals surface area contributed by atoms with Crippen molar-refractivity contribution in [3.05, 3.63) is 20.8 Å². The lowest BCUT2D eigenvalue weighted by atomic mass is 10.1. The largest absolute Gasteiger partial charge is 0.481 e. The van der Waals surface area contributed by atoms with Crippen molar-refractivity contribution in [2.45, 2.75) is 13.0 Å². The molecule has 0 fully saturated rings. The Labute approximate surface area is 117 Å². The summed E-state index contributed by atoms with van der Waals surface area (Å²) in [5.41, 5.74) is 0. The summed E-state index contributed by atoms with van der Waals surface area (Å²) in [5.74, 6) is -3.04. The highest BCUT2D eigenvalue weighted by atomic mass is 79.9. The Morgan fingerprint density at radius 1 is 1.50 bits per heavy atom. The van der Waals surface area contributed by atoms with E-state index in [-0.39, 0.29) is 13.0 Å². The fourth-order valence-corrected chi connectivity index (χ4v) is 3.11. The van der Waals surface area contributed by atoms with Gasteiger partial charge in [0.2, 0.25) is 0 Å². The van der Waals surface area contributed by atoms with Crippen LogP contribution in [-0.2, 0) is 16.1 Å². The Morgan fingerprint density at radius 3 is 2.61 bits per heavy atom. The maximum absolute atomic E-state index is 10.9. The topological polar surface area (TPSA) is 77.8 Å². The number of carboxylic acid groups (broad SMARTS) is 2. The van der Waals surface area contributed by atoms with Gasteiger partial charge in [-0.25, -0.2) is 0 Å². The Morgan fingerprint density at radius 2 is 2.17 bits per heavy atom. The van der Waals surface area contributed by atoms with E-state index in [9.17, 15) is 9.59 Å². The van der Waals surface area contributed by atoms with E-state index in [0.29, 0.717) is 6.54 Å².